The second-order valence-corrected chi connectivity index (χ2v) is 9.91. The quantitative estimate of drug-likeness (QED) is 0.758. The van der Waals surface area contributed by atoms with Gasteiger partial charge in [-0.05, 0) is 92.7 Å². The number of rotatable bonds is 4. The zero-order chi connectivity index (χ0) is 17.7. The summed E-state index contributed by atoms with van der Waals surface area (Å²) in [6, 6.07) is 6.00. The SMILES string of the molecule is O=C(CC12CC3CC(CC(C3)C1)C2)Nc1ccc(N2CCCC2)c(Cl)c1. The monoisotopic (exact) mass is 372 g/mol. The Balaban J connectivity index is 1.25. The molecule has 140 valence electrons. The minimum Gasteiger partial charge on any atom is -0.370 e. The first-order chi connectivity index (χ1) is 12.6. The fourth-order valence-corrected chi connectivity index (χ4v) is 7.15. The van der Waals surface area contributed by atoms with E-state index in [1.807, 2.05) is 12.1 Å². The van der Waals surface area contributed by atoms with Gasteiger partial charge in [0, 0.05) is 25.2 Å². The van der Waals surface area contributed by atoms with Gasteiger partial charge in [-0.2, -0.15) is 0 Å². The molecule has 26 heavy (non-hydrogen) atoms. The van der Waals surface area contributed by atoms with Crippen LogP contribution >= 0.6 is 11.6 Å². The minimum atomic E-state index is 0.178. The lowest BCUT2D eigenvalue weighted by Crippen LogP contribution is -2.47. The molecule has 0 aromatic heterocycles. The Morgan fingerprint density at radius 2 is 1.69 bits per heavy atom. The summed E-state index contributed by atoms with van der Waals surface area (Å²) in [6.07, 6.45) is 11.3. The van der Waals surface area contributed by atoms with E-state index in [1.54, 1.807) is 0 Å². The van der Waals surface area contributed by atoms with Crippen molar-refractivity contribution < 1.29 is 4.79 Å². The van der Waals surface area contributed by atoms with Gasteiger partial charge >= 0.3 is 0 Å². The number of carbonyl (C=O) groups excluding carboxylic acids is 1. The van der Waals surface area contributed by atoms with Crippen LogP contribution in [0.4, 0.5) is 11.4 Å². The third-order valence-corrected chi connectivity index (χ3v) is 7.68. The van der Waals surface area contributed by atoms with E-state index in [9.17, 15) is 4.79 Å². The van der Waals surface area contributed by atoms with E-state index in [0.29, 0.717) is 6.42 Å². The molecule has 1 aromatic rings. The van der Waals surface area contributed by atoms with Crippen LogP contribution in [-0.4, -0.2) is 19.0 Å². The van der Waals surface area contributed by atoms with E-state index in [0.717, 1.165) is 47.2 Å². The molecule has 1 aliphatic heterocycles. The van der Waals surface area contributed by atoms with Crippen molar-refractivity contribution in [2.24, 2.45) is 23.2 Å². The van der Waals surface area contributed by atoms with Crippen molar-refractivity contribution in [1.29, 1.82) is 0 Å². The number of halogens is 1. The maximum absolute atomic E-state index is 12.8. The van der Waals surface area contributed by atoms with Crippen molar-refractivity contribution in [2.75, 3.05) is 23.3 Å². The van der Waals surface area contributed by atoms with Gasteiger partial charge in [-0.3, -0.25) is 4.79 Å². The van der Waals surface area contributed by atoms with Crippen LogP contribution in [0.1, 0.15) is 57.8 Å². The highest BCUT2D eigenvalue weighted by Crippen LogP contribution is 2.61. The van der Waals surface area contributed by atoms with Crippen LogP contribution < -0.4 is 10.2 Å². The summed E-state index contributed by atoms with van der Waals surface area (Å²) in [5, 5.41) is 3.88. The van der Waals surface area contributed by atoms with Crippen molar-refractivity contribution in [1.82, 2.24) is 0 Å². The summed E-state index contributed by atoms with van der Waals surface area (Å²) < 4.78 is 0. The second-order valence-electron chi connectivity index (χ2n) is 9.50. The van der Waals surface area contributed by atoms with E-state index in [1.165, 1.54) is 51.4 Å². The van der Waals surface area contributed by atoms with E-state index in [2.05, 4.69) is 16.3 Å². The molecule has 5 aliphatic rings. The summed E-state index contributed by atoms with van der Waals surface area (Å²) in [4.78, 5) is 15.1. The molecule has 1 amide bonds. The molecule has 4 saturated carbocycles. The molecule has 0 atom stereocenters. The fourth-order valence-electron chi connectivity index (χ4n) is 6.85. The van der Waals surface area contributed by atoms with Crippen molar-refractivity contribution in [3.8, 4) is 0 Å². The first-order valence-corrected chi connectivity index (χ1v) is 10.8. The van der Waals surface area contributed by atoms with Gasteiger partial charge in [0.1, 0.15) is 0 Å². The van der Waals surface area contributed by atoms with Gasteiger partial charge in [0.15, 0.2) is 0 Å². The maximum atomic E-state index is 12.8. The Morgan fingerprint density at radius 3 is 2.27 bits per heavy atom. The Morgan fingerprint density at radius 1 is 1.08 bits per heavy atom. The molecule has 6 rings (SSSR count). The van der Waals surface area contributed by atoms with Crippen LogP contribution in [0.3, 0.4) is 0 Å². The third-order valence-electron chi connectivity index (χ3n) is 7.38. The Bertz CT molecular complexity index is 675. The molecule has 5 fully saturated rings. The normalized spacial score (nSPS) is 35.1. The van der Waals surface area contributed by atoms with Crippen molar-refractivity contribution >= 4 is 28.9 Å². The molecule has 4 heteroatoms. The second kappa shape index (κ2) is 6.44. The standard InChI is InChI=1S/C22H29ClN2O/c23-19-10-18(3-4-20(19)25-5-1-2-6-25)24-21(26)14-22-11-15-7-16(12-22)9-17(8-15)13-22/h3-4,10,15-17H,1-2,5-9,11-14H2,(H,24,26). The molecular weight excluding hydrogens is 344 g/mol. The topological polar surface area (TPSA) is 32.3 Å². The molecule has 1 heterocycles. The summed E-state index contributed by atoms with van der Waals surface area (Å²) in [7, 11) is 0. The van der Waals surface area contributed by atoms with Gasteiger partial charge in [-0.15, -0.1) is 0 Å². The highest BCUT2D eigenvalue weighted by Gasteiger charge is 2.51. The highest BCUT2D eigenvalue weighted by molar-refractivity contribution is 6.33. The van der Waals surface area contributed by atoms with Gasteiger partial charge < -0.3 is 10.2 Å². The van der Waals surface area contributed by atoms with Gasteiger partial charge in [-0.25, -0.2) is 0 Å². The summed E-state index contributed by atoms with van der Waals surface area (Å²) in [5.41, 5.74) is 2.23. The molecule has 0 spiro atoms. The summed E-state index contributed by atoms with van der Waals surface area (Å²) in [6.45, 7) is 2.16. The van der Waals surface area contributed by atoms with E-state index < -0.39 is 0 Å². The van der Waals surface area contributed by atoms with Crippen molar-refractivity contribution in [3.05, 3.63) is 23.2 Å². The molecule has 1 N–H and O–H groups in total. The third kappa shape index (κ3) is 3.13. The first-order valence-electron chi connectivity index (χ1n) is 10.4. The van der Waals surface area contributed by atoms with Crippen molar-refractivity contribution in [3.63, 3.8) is 0 Å². The largest absolute Gasteiger partial charge is 0.370 e. The number of benzene rings is 1. The van der Waals surface area contributed by atoms with Gasteiger partial charge in [0.05, 0.1) is 10.7 Å². The number of nitrogens with zero attached hydrogens (tertiary/aromatic N) is 1. The number of anilines is 2. The molecule has 3 nitrogen and oxygen atoms in total. The van der Waals surface area contributed by atoms with E-state index in [-0.39, 0.29) is 11.3 Å². The van der Waals surface area contributed by atoms with Gasteiger partial charge in [-0.1, -0.05) is 11.6 Å². The summed E-state index contributed by atoms with van der Waals surface area (Å²) >= 11 is 6.50. The Kier molecular flexibility index (Phi) is 4.19. The predicted molar refractivity (Wildman–Crippen MR) is 107 cm³/mol. The molecule has 1 saturated heterocycles. The maximum Gasteiger partial charge on any atom is 0.224 e. The molecular formula is C22H29ClN2O. The molecule has 0 radical (unpaired) electrons. The highest BCUT2D eigenvalue weighted by atomic mass is 35.5. The zero-order valence-corrected chi connectivity index (χ0v) is 16.2. The lowest BCUT2D eigenvalue weighted by atomic mass is 9.49. The Hall–Kier alpha value is -1.22. The molecule has 0 unspecified atom stereocenters. The molecule has 4 aliphatic carbocycles. The van der Waals surface area contributed by atoms with E-state index >= 15 is 0 Å². The van der Waals surface area contributed by atoms with Crippen LogP contribution in [0.2, 0.25) is 5.02 Å². The minimum absolute atomic E-state index is 0.178. The smallest absolute Gasteiger partial charge is 0.224 e. The average Bonchev–Trinajstić information content (AvgIpc) is 3.07. The van der Waals surface area contributed by atoms with Gasteiger partial charge in [0.25, 0.3) is 0 Å². The van der Waals surface area contributed by atoms with Crippen LogP contribution in [0.25, 0.3) is 0 Å². The van der Waals surface area contributed by atoms with Crippen LogP contribution in [-0.2, 0) is 4.79 Å². The van der Waals surface area contributed by atoms with Crippen LogP contribution in [0.5, 0.6) is 0 Å². The first kappa shape index (κ1) is 16.9. The van der Waals surface area contributed by atoms with E-state index in [4.69, 9.17) is 11.6 Å². The van der Waals surface area contributed by atoms with Gasteiger partial charge in [0.2, 0.25) is 5.91 Å². The average molecular weight is 373 g/mol. The number of hydrogen-bond acceptors (Lipinski definition) is 2. The van der Waals surface area contributed by atoms with Crippen LogP contribution in [0.15, 0.2) is 18.2 Å². The lowest BCUT2D eigenvalue weighted by molar-refractivity contribution is -0.124. The number of hydrogen-bond donors (Lipinski definition) is 1. The van der Waals surface area contributed by atoms with Crippen molar-refractivity contribution in [2.45, 2.75) is 57.8 Å². The zero-order valence-electron chi connectivity index (χ0n) is 15.5. The molecule has 4 bridgehead atoms. The molecule has 1 aromatic carbocycles. The van der Waals surface area contributed by atoms with Crippen LogP contribution in [0, 0.1) is 23.2 Å². The lowest BCUT2D eigenvalue weighted by Gasteiger charge is -2.56. The summed E-state index contributed by atoms with van der Waals surface area (Å²) in [5.74, 6) is 2.85. The number of carbonyl (C=O) groups is 1. The fraction of sp³-hybridized carbons (Fsp3) is 0.682. The Labute approximate surface area is 161 Å². The number of amides is 1. The number of nitrogens with one attached hydrogen (secondary N) is 1. The predicted octanol–water partition coefficient (Wildman–Crippen LogP) is 5.49.